The molecule has 0 amide bonds. The summed E-state index contributed by atoms with van der Waals surface area (Å²) in [6.45, 7) is 10.2. The van der Waals surface area contributed by atoms with E-state index in [-0.39, 0.29) is 18.3 Å². The molecule has 0 aliphatic carbocycles. The second-order valence-corrected chi connectivity index (χ2v) is 5.09. The van der Waals surface area contributed by atoms with E-state index in [1.807, 2.05) is 32.9 Å². The van der Waals surface area contributed by atoms with Crippen LogP contribution in [-0.2, 0) is 4.79 Å². The van der Waals surface area contributed by atoms with Gasteiger partial charge in [0.15, 0.2) is 5.78 Å². The molecule has 94 valence electrons. The quantitative estimate of drug-likeness (QED) is 0.776. The normalized spacial score (nSPS) is 11.0. The predicted octanol–water partition coefficient (Wildman–Crippen LogP) is 3.72. The molecule has 1 aromatic carbocycles. The number of hydrogen-bond donors (Lipinski definition) is 0. The van der Waals surface area contributed by atoms with Gasteiger partial charge in [0.05, 0.1) is 0 Å². The fourth-order valence-electron chi connectivity index (χ4n) is 1.45. The monoisotopic (exact) mass is 234 g/mol. The van der Waals surface area contributed by atoms with Crippen molar-refractivity contribution in [3.05, 3.63) is 29.3 Å². The van der Waals surface area contributed by atoms with Crippen LogP contribution in [-0.4, -0.2) is 12.4 Å². The Balaban J connectivity index is 2.76. The Kier molecular flexibility index (Phi) is 4.73. The van der Waals surface area contributed by atoms with Crippen molar-refractivity contribution in [1.82, 2.24) is 0 Å². The molecule has 17 heavy (non-hydrogen) atoms. The smallest absolute Gasteiger partial charge is 0.172 e. The van der Waals surface area contributed by atoms with Gasteiger partial charge in [-0.2, -0.15) is 0 Å². The number of benzene rings is 1. The SMILES string of the molecule is Cc1ccc(C(C)C)cc1OCC(=O)C(C)C. The van der Waals surface area contributed by atoms with Gasteiger partial charge < -0.3 is 4.74 Å². The Morgan fingerprint density at radius 2 is 1.88 bits per heavy atom. The van der Waals surface area contributed by atoms with Crippen LogP contribution in [0.3, 0.4) is 0 Å². The molecule has 0 saturated heterocycles. The Hall–Kier alpha value is -1.31. The molecule has 0 unspecified atom stereocenters. The average molecular weight is 234 g/mol. The predicted molar refractivity (Wildman–Crippen MR) is 70.6 cm³/mol. The van der Waals surface area contributed by atoms with Crippen LogP contribution >= 0.6 is 0 Å². The molecule has 0 bridgehead atoms. The largest absolute Gasteiger partial charge is 0.486 e. The fraction of sp³-hybridized carbons (Fsp3) is 0.533. The van der Waals surface area contributed by atoms with Crippen LogP contribution in [0.2, 0.25) is 0 Å². The van der Waals surface area contributed by atoms with Crippen molar-refractivity contribution in [3.63, 3.8) is 0 Å². The van der Waals surface area contributed by atoms with Gasteiger partial charge in [-0.15, -0.1) is 0 Å². The number of hydrogen-bond acceptors (Lipinski definition) is 2. The Labute approximate surface area is 104 Å². The zero-order chi connectivity index (χ0) is 13.0. The highest BCUT2D eigenvalue weighted by atomic mass is 16.5. The van der Waals surface area contributed by atoms with Crippen LogP contribution in [0, 0.1) is 12.8 Å². The molecule has 2 heteroatoms. The Morgan fingerprint density at radius 1 is 1.24 bits per heavy atom. The molecule has 0 atom stereocenters. The average Bonchev–Trinajstić information content (AvgIpc) is 2.26. The first kappa shape index (κ1) is 13.8. The van der Waals surface area contributed by atoms with Crippen molar-refractivity contribution in [1.29, 1.82) is 0 Å². The van der Waals surface area contributed by atoms with E-state index in [0.717, 1.165) is 11.3 Å². The molecule has 1 rings (SSSR count). The maximum absolute atomic E-state index is 11.5. The van der Waals surface area contributed by atoms with Gasteiger partial charge in [-0.05, 0) is 30.0 Å². The number of carbonyl (C=O) groups is 1. The number of ether oxygens (including phenoxy) is 1. The van der Waals surface area contributed by atoms with Crippen molar-refractivity contribution >= 4 is 5.78 Å². The van der Waals surface area contributed by atoms with Crippen molar-refractivity contribution in [2.24, 2.45) is 5.92 Å². The fourth-order valence-corrected chi connectivity index (χ4v) is 1.45. The van der Waals surface area contributed by atoms with E-state index in [2.05, 4.69) is 19.9 Å². The summed E-state index contributed by atoms with van der Waals surface area (Å²) < 4.78 is 5.60. The maximum Gasteiger partial charge on any atom is 0.172 e. The summed E-state index contributed by atoms with van der Waals surface area (Å²) in [5.74, 6) is 1.46. The first-order valence-corrected chi connectivity index (χ1v) is 6.18. The van der Waals surface area contributed by atoms with Crippen molar-refractivity contribution in [2.75, 3.05) is 6.61 Å². The highest BCUT2D eigenvalue weighted by Crippen LogP contribution is 2.24. The van der Waals surface area contributed by atoms with Gasteiger partial charge in [0.2, 0.25) is 0 Å². The standard InChI is InChI=1S/C15H22O2/c1-10(2)13-7-6-12(5)15(8-13)17-9-14(16)11(3)4/h6-8,10-11H,9H2,1-5H3. The molecule has 2 nitrogen and oxygen atoms in total. The van der Waals surface area contributed by atoms with E-state index in [4.69, 9.17) is 4.74 Å². The van der Waals surface area contributed by atoms with Crippen LogP contribution in [0.15, 0.2) is 18.2 Å². The highest BCUT2D eigenvalue weighted by molar-refractivity contribution is 5.81. The van der Waals surface area contributed by atoms with Gasteiger partial charge in [-0.25, -0.2) is 0 Å². The van der Waals surface area contributed by atoms with Gasteiger partial charge >= 0.3 is 0 Å². The molecule has 0 aromatic heterocycles. The first-order valence-electron chi connectivity index (χ1n) is 6.18. The summed E-state index contributed by atoms with van der Waals surface area (Å²) >= 11 is 0. The minimum Gasteiger partial charge on any atom is -0.486 e. The molecule has 0 aliphatic rings. The molecule has 1 aromatic rings. The minimum atomic E-state index is 0.0311. The van der Waals surface area contributed by atoms with E-state index in [1.165, 1.54) is 5.56 Å². The van der Waals surface area contributed by atoms with Crippen LogP contribution in [0.5, 0.6) is 5.75 Å². The van der Waals surface area contributed by atoms with Crippen molar-refractivity contribution in [2.45, 2.75) is 40.5 Å². The van der Waals surface area contributed by atoms with Crippen molar-refractivity contribution < 1.29 is 9.53 Å². The molecule has 0 radical (unpaired) electrons. The summed E-state index contributed by atoms with van der Waals surface area (Å²) in [4.78, 5) is 11.5. The Bertz CT molecular complexity index is 392. The van der Waals surface area contributed by atoms with Crippen LogP contribution < -0.4 is 4.74 Å². The lowest BCUT2D eigenvalue weighted by molar-refractivity contribution is -0.123. The van der Waals surface area contributed by atoms with E-state index >= 15 is 0 Å². The van der Waals surface area contributed by atoms with Crippen molar-refractivity contribution in [3.8, 4) is 5.75 Å². The van der Waals surface area contributed by atoms with Gasteiger partial charge in [0.1, 0.15) is 12.4 Å². The van der Waals surface area contributed by atoms with Crippen LogP contribution in [0.25, 0.3) is 0 Å². The lowest BCUT2D eigenvalue weighted by atomic mass is 10.0. The number of carbonyl (C=O) groups excluding carboxylic acids is 1. The second-order valence-electron chi connectivity index (χ2n) is 5.09. The second kappa shape index (κ2) is 5.85. The first-order chi connectivity index (χ1) is 7.91. The summed E-state index contributed by atoms with van der Waals surface area (Å²) in [7, 11) is 0. The zero-order valence-electron chi connectivity index (χ0n) is 11.4. The minimum absolute atomic E-state index is 0.0311. The summed E-state index contributed by atoms with van der Waals surface area (Å²) in [5.41, 5.74) is 2.31. The van der Waals surface area contributed by atoms with Crippen LogP contribution in [0.4, 0.5) is 0 Å². The van der Waals surface area contributed by atoms with Gasteiger partial charge in [0, 0.05) is 5.92 Å². The number of aryl methyl sites for hydroxylation is 1. The molecule has 0 spiro atoms. The van der Waals surface area contributed by atoms with Gasteiger partial charge in [0.25, 0.3) is 0 Å². The summed E-state index contributed by atoms with van der Waals surface area (Å²) in [6, 6.07) is 6.19. The summed E-state index contributed by atoms with van der Waals surface area (Å²) in [6.07, 6.45) is 0. The number of Topliss-reactive ketones (excluding diaryl/α,β-unsaturated/α-hetero) is 1. The molecule has 0 saturated carbocycles. The zero-order valence-corrected chi connectivity index (χ0v) is 11.4. The van der Waals surface area contributed by atoms with E-state index < -0.39 is 0 Å². The Morgan fingerprint density at radius 3 is 2.41 bits per heavy atom. The topological polar surface area (TPSA) is 26.3 Å². The molecule has 0 aliphatic heterocycles. The third-order valence-electron chi connectivity index (χ3n) is 2.89. The van der Waals surface area contributed by atoms with Gasteiger partial charge in [-0.3, -0.25) is 4.79 Å². The third kappa shape index (κ3) is 3.88. The molecule has 0 N–H and O–H groups in total. The number of ketones is 1. The number of rotatable bonds is 5. The maximum atomic E-state index is 11.5. The molecular formula is C15H22O2. The van der Waals surface area contributed by atoms with E-state index in [1.54, 1.807) is 0 Å². The third-order valence-corrected chi connectivity index (χ3v) is 2.89. The molecule has 0 heterocycles. The molecule has 0 fully saturated rings. The lowest BCUT2D eigenvalue weighted by Crippen LogP contribution is -2.17. The van der Waals surface area contributed by atoms with Crippen LogP contribution in [0.1, 0.15) is 44.7 Å². The lowest BCUT2D eigenvalue weighted by Gasteiger charge is -2.13. The van der Waals surface area contributed by atoms with E-state index in [0.29, 0.717) is 5.92 Å². The summed E-state index contributed by atoms with van der Waals surface area (Å²) in [5, 5.41) is 0. The van der Waals surface area contributed by atoms with E-state index in [9.17, 15) is 4.79 Å². The van der Waals surface area contributed by atoms with Gasteiger partial charge in [-0.1, -0.05) is 39.8 Å². The highest BCUT2D eigenvalue weighted by Gasteiger charge is 2.10. The molecular weight excluding hydrogens is 212 g/mol.